The van der Waals surface area contributed by atoms with Gasteiger partial charge in [0.05, 0.1) is 18.4 Å². The van der Waals surface area contributed by atoms with E-state index in [-0.39, 0.29) is 17.5 Å². The zero-order valence-electron chi connectivity index (χ0n) is 15.2. The third-order valence-corrected chi connectivity index (χ3v) is 5.71. The Bertz CT molecular complexity index is 1080. The van der Waals surface area contributed by atoms with Crippen molar-refractivity contribution in [2.45, 2.75) is 13.0 Å². The number of benzene rings is 1. The molecule has 146 valence electrons. The molecule has 4 rings (SSSR count). The van der Waals surface area contributed by atoms with Crippen molar-refractivity contribution in [2.24, 2.45) is 0 Å². The smallest absolute Gasteiger partial charge is 0.277 e. The lowest BCUT2D eigenvalue weighted by atomic mass is 10.1. The molecule has 1 N–H and O–H groups in total. The Balaban J connectivity index is 1.42. The average molecular weight is 426 g/mol. The normalized spacial score (nSPS) is 13.3. The van der Waals surface area contributed by atoms with E-state index in [2.05, 4.69) is 20.3 Å². The predicted octanol–water partition coefficient (Wildman–Crippen LogP) is 3.44. The van der Waals surface area contributed by atoms with E-state index in [1.807, 2.05) is 18.2 Å². The van der Waals surface area contributed by atoms with Crippen LogP contribution in [-0.2, 0) is 17.8 Å². The number of aromatic nitrogens is 3. The number of nitrogens with zero attached hydrogens (tertiary/aromatic N) is 4. The summed E-state index contributed by atoms with van der Waals surface area (Å²) >= 11 is 7.49. The predicted molar refractivity (Wildman–Crippen MR) is 112 cm³/mol. The van der Waals surface area contributed by atoms with Crippen LogP contribution in [-0.4, -0.2) is 38.2 Å². The zero-order chi connectivity index (χ0) is 20.2. The highest BCUT2D eigenvalue weighted by molar-refractivity contribution is 7.15. The molecule has 0 radical (unpaired) electrons. The van der Waals surface area contributed by atoms with Crippen LogP contribution in [0.15, 0.2) is 48.9 Å². The van der Waals surface area contributed by atoms with Gasteiger partial charge >= 0.3 is 0 Å². The Morgan fingerprint density at radius 3 is 2.90 bits per heavy atom. The Kier molecular flexibility index (Phi) is 5.64. The maximum atomic E-state index is 12.6. The number of carbonyl (C=O) groups excluding carboxylic acids is 2. The van der Waals surface area contributed by atoms with Gasteiger partial charge in [0, 0.05) is 41.3 Å². The van der Waals surface area contributed by atoms with Gasteiger partial charge < -0.3 is 4.90 Å². The van der Waals surface area contributed by atoms with Gasteiger partial charge in [-0.05, 0) is 17.7 Å². The van der Waals surface area contributed by atoms with Crippen molar-refractivity contribution in [3.63, 3.8) is 0 Å². The second-order valence-corrected chi connectivity index (χ2v) is 7.79. The molecule has 29 heavy (non-hydrogen) atoms. The van der Waals surface area contributed by atoms with Crippen LogP contribution < -0.4 is 5.32 Å². The molecule has 3 heterocycles. The van der Waals surface area contributed by atoms with Gasteiger partial charge in [-0.25, -0.2) is 9.97 Å². The first kappa shape index (κ1) is 19.2. The van der Waals surface area contributed by atoms with Gasteiger partial charge in [-0.15, -0.1) is 0 Å². The van der Waals surface area contributed by atoms with Crippen LogP contribution >= 0.6 is 22.9 Å². The van der Waals surface area contributed by atoms with Gasteiger partial charge in [0.15, 0.2) is 5.13 Å². The minimum Gasteiger partial charge on any atom is -0.334 e. The molecular formula is C20H16ClN5O2S. The van der Waals surface area contributed by atoms with Crippen molar-refractivity contribution in [3.8, 4) is 0 Å². The molecule has 7 nitrogen and oxygen atoms in total. The number of rotatable bonds is 4. The van der Waals surface area contributed by atoms with Crippen molar-refractivity contribution in [1.82, 2.24) is 19.9 Å². The van der Waals surface area contributed by atoms with Crippen molar-refractivity contribution in [1.29, 1.82) is 0 Å². The summed E-state index contributed by atoms with van der Waals surface area (Å²) in [6.45, 7) is 1.03. The third-order valence-electron chi connectivity index (χ3n) is 4.37. The van der Waals surface area contributed by atoms with Gasteiger partial charge in [0.25, 0.3) is 5.91 Å². The first-order valence-corrected chi connectivity index (χ1v) is 10.1. The molecule has 3 aromatic rings. The van der Waals surface area contributed by atoms with Gasteiger partial charge in [0.2, 0.25) is 5.91 Å². The molecule has 0 atom stereocenters. The van der Waals surface area contributed by atoms with Crippen LogP contribution in [0.25, 0.3) is 6.08 Å². The minimum atomic E-state index is -0.361. The van der Waals surface area contributed by atoms with Crippen LogP contribution in [0.1, 0.15) is 26.6 Å². The lowest BCUT2D eigenvalue weighted by Crippen LogP contribution is -2.34. The largest absolute Gasteiger partial charge is 0.334 e. The number of anilines is 1. The topological polar surface area (TPSA) is 88.1 Å². The minimum absolute atomic E-state index is 0.0888. The summed E-state index contributed by atoms with van der Waals surface area (Å²) in [5.74, 6) is -0.450. The molecule has 1 aliphatic rings. The second-order valence-electron chi connectivity index (χ2n) is 6.30. The summed E-state index contributed by atoms with van der Waals surface area (Å²) in [7, 11) is 0. The van der Waals surface area contributed by atoms with Crippen LogP contribution in [0.4, 0.5) is 5.13 Å². The third kappa shape index (κ3) is 4.49. The number of nitrogens with one attached hydrogen (secondary N) is 1. The molecule has 1 aromatic carbocycles. The number of amides is 2. The molecule has 2 amide bonds. The van der Waals surface area contributed by atoms with Gasteiger partial charge in [-0.2, -0.15) is 0 Å². The van der Waals surface area contributed by atoms with E-state index < -0.39 is 0 Å². The Morgan fingerprint density at radius 2 is 2.10 bits per heavy atom. The van der Waals surface area contributed by atoms with Crippen molar-refractivity contribution in [2.75, 3.05) is 11.9 Å². The highest BCUT2D eigenvalue weighted by Crippen LogP contribution is 2.29. The van der Waals surface area contributed by atoms with Gasteiger partial charge in [0.1, 0.15) is 5.69 Å². The first-order valence-electron chi connectivity index (χ1n) is 8.87. The number of fused-ring (bicyclic) bond motifs is 1. The van der Waals surface area contributed by atoms with Crippen molar-refractivity contribution >= 4 is 46.0 Å². The highest BCUT2D eigenvalue weighted by Gasteiger charge is 2.23. The van der Waals surface area contributed by atoms with Gasteiger partial charge in [-0.3, -0.25) is 19.9 Å². The number of hydrogen-bond acceptors (Lipinski definition) is 6. The molecule has 1 aliphatic heterocycles. The summed E-state index contributed by atoms with van der Waals surface area (Å²) in [5, 5.41) is 3.84. The zero-order valence-corrected chi connectivity index (χ0v) is 16.8. The van der Waals surface area contributed by atoms with Crippen LogP contribution in [0, 0.1) is 0 Å². The van der Waals surface area contributed by atoms with E-state index in [9.17, 15) is 9.59 Å². The average Bonchev–Trinajstić information content (AvgIpc) is 3.15. The standard InChI is InChI=1S/C20H16ClN5O2S/c21-14-4-2-1-3-13(14)5-6-18(27)26-10-7-15-17(12-26)29-20(24-15)25-19(28)16-11-22-8-9-23-16/h1-6,8-9,11H,7,10,12H2,(H,24,25,28). The molecular weight excluding hydrogens is 410 g/mol. The Hall–Kier alpha value is -3.10. The second kappa shape index (κ2) is 8.50. The molecule has 2 aromatic heterocycles. The van der Waals surface area contributed by atoms with Crippen molar-refractivity contribution < 1.29 is 9.59 Å². The monoisotopic (exact) mass is 425 g/mol. The number of hydrogen-bond donors (Lipinski definition) is 1. The van der Waals surface area contributed by atoms with E-state index >= 15 is 0 Å². The quantitative estimate of drug-likeness (QED) is 0.647. The lowest BCUT2D eigenvalue weighted by molar-refractivity contribution is -0.126. The number of halogens is 1. The summed E-state index contributed by atoms with van der Waals surface area (Å²) in [5.41, 5.74) is 1.93. The van der Waals surface area contributed by atoms with E-state index in [1.54, 1.807) is 17.0 Å². The van der Waals surface area contributed by atoms with E-state index in [1.165, 1.54) is 36.0 Å². The fourth-order valence-corrected chi connectivity index (χ4v) is 4.11. The Labute approximate surface area is 176 Å². The summed E-state index contributed by atoms with van der Waals surface area (Å²) in [4.78, 5) is 39.8. The van der Waals surface area contributed by atoms with Crippen LogP contribution in [0.3, 0.4) is 0 Å². The Morgan fingerprint density at radius 1 is 1.24 bits per heavy atom. The first-order chi connectivity index (χ1) is 14.1. The van der Waals surface area contributed by atoms with Crippen molar-refractivity contribution in [3.05, 3.63) is 75.8 Å². The van der Waals surface area contributed by atoms with Gasteiger partial charge in [-0.1, -0.05) is 41.1 Å². The van der Waals surface area contributed by atoms with E-state index in [0.717, 1.165) is 16.1 Å². The molecule has 9 heteroatoms. The van der Waals surface area contributed by atoms with E-state index in [0.29, 0.717) is 29.7 Å². The summed E-state index contributed by atoms with van der Waals surface area (Å²) in [6, 6.07) is 7.36. The lowest BCUT2D eigenvalue weighted by Gasteiger charge is -2.24. The van der Waals surface area contributed by atoms with E-state index in [4.69, 9.17) is 11.6 Å². The summed E-state index contributed by atoms with van der Waals surface area (Å²) < 4.78 is 0. The molecule has 0 spiro atoms. The maximum absolute atomic E-state index is 12.6. The molecule has 0 fully saturated rings. The fraction of sp³-hybridized carbons (Fsp3) is 0.150. The van der Waals surface area contributed by atoms with Crippen LogP contribution in [0.5, 0.6) is 0 Å². The molecule has 0 saturated heterocycles. The SMILES string of the molecule is O=C(Nc1nc2c(s1)CN(C(=O)C=Cc1ccccc1Cl)CC2)c1cnccn1. The molecule has 0 bridgehead atoms. The van der Waals surface area contributed by atoms with Crippen LogP contribution in [0.2, 0.25) is 5.02 Å². The highest BCUT2D eigenvalue weighted by atomic mass is 35.5. The maximum Gasteiger partial charge on any atom is 0.277 e. The molecule has 0 aliphatic carbocycles. The molecule has 0 saturated carbocycles. The summed E-state index contributed by atoms with van der Waals surface area (Å²) in [6.07, 6.45) is 8.25. The molecule has 0 unspecified atom stereocenters. The fourth-order valence-electron chi connectivity index (χ4n) is 2.89. The number of thiazole rings is 1. The number of carbonyl (C=O) groups is 2.